The fourth-order valence-corrected chi connectivity index (χ4v) is 2.65. The molecule has 0 aliphatic carbocycles. The number of rotatable bonds is 1. The standard InChI is InChI=1S/C15H9Cl2F3N2/c16-10-6-5-9-12(21)13(22-14(9)11(10)17)7-1-3-8(4-2-7)15(18,19)20/h1-6,22H,21H2. The molecule has 1 heterocycles. The number of hydrogen-bond donors (Lipinski definition) is 2. The molecule has 0 spiro atoms. The van der Waals surface area contributed by atoms with E-state index in [9.17, 15) is 13.2 Å². The Bertz CT molecular complexity index is 852. The lowest BCUT2D eigenvalue weighted by Gasteiger charge is -2.07. The fraction of sp³-hybridized carbons (Fsp3) is 0.0667. The summed E-state index contributed by atoms with van der Waals surface area (Å²) in [6, 6.07) is 8.07. The Labute approximate surface area is 133 Å². The van der Waals surface area contributed by atoms with Gasteiger partial charge in [0, 0.05) is 10.9 Å². The van der Waals surface area contributed by atoms with E-state index < -0.39 is 11.7 Å². The number of aromatic amines is 1. The molecule has 3 rings (SSSR count). The molecule has 0 radical (unpaired) electrons. The molecular weight excluding hydrogens is 336 g/mol. The van der Waals surface area contributed by atoms with Crippen LogP contribution in [-0.2, 0) is 6.18 Å². The first-order valence-electron chi connectivity index (χ1n) is 6.22. The van der Waals surface area contributed by atoms with Gasteiger partial charge in [0.2, 0.25) is 0 Å². The normalized spacial score (nSPS) is 12.0. The summed E-state index contributed by atoms with van der Waals surface area (Å²) in [6.07, 6.45) is -4.37. The average Bonchev–Trinajstić information content (AvgIpc) is 2.80. The molecule has 0 bridgehead atoms. The van der Waals surface area contributed by atoms with Crippen LogP contribution in [0.5, 0.6) is 0 Å². The van der Waals surface area contributed by atoms with Crippen molar-refractivity contribution in [3.05, 3.63) is 52.0 Å². The van der Waals surface area contributed by atoms with Crippen LogP contribution < -0.4 is 5.73 Å². The molecule has 0 saturated carbocycles. The van der Waals surface area contributed by atoms with Crippen molar-refractivity contribution >= 4 is 39.8 Å². The summed E-state index contributed by atoms with van der Waals surface area (Å²) < 4.78 is 37.8. The van der Waals surface area contributed by atoms with E-state index in [2.05, 4.69) is 4.98 Å². The Balaban J connectivity index is 2.14. The smallest absolute Gasteiger partial charge is 0.396 e. The Kier molecular flexibility index (Phi) is 3.50. The second kappa shape index (κ2) is 5.11. The second-order valence-electron chi connectivity index (χ2n) is 4.77. The second-order valence-corrected chi connectivity index (χ2v) is 5.56. The highest BCUT2D eigenvalue weighted by molar-refractivity contribution is 6.45. The van der Waals surface area contributed by atoms with Gasteiger partial charge in [-0.2, -0.15) is 13.2 Å². The molecular formula is C15H9Cl2F3N2. The number of nitrogens with two attached hydrogens (primary N) is 1. The van der Waals surface area contributed by atoms with Gasteiger partial charge in [0.15, 0.2) is 0 Å². The number of hydrogen-bond acceptors (Lipinski definition) is 1. The largest absolute Gasteiger partial charge is 0.416 e. The Morgan fingerprint density at radius 2 is 1.59 bits per heavy atom. The quantitative estimate of drug-likeness (QED) is 0.580. The molecule has 0 amide bonds. The van der Waals surface area contributed by atoms with E-state index in [-0.39, 0.29) is 0 Å². The number of aromatic nitrogens is 1. The van der Waals surface area contributed by atoms with Crippen molar-refractivity contribution in [1.29, 1.82) is 0 Å². The number of nitrogen functional groups attached to an aromatic ring is 1. The first-order chi connectivity index (χ1) is 10.3. The minimum Gasteiger partial charge on any atom is -0.396 e. The van der Waals surface area contributed by atoms with E-state index in [0.29, 0.717) is 37.9 Å². The Morgan fingerprint density at radius 1 is 0.955 bits per heavy atom. The molecule has 3 aromatic rings. The third-order valence-corrected chi connectivity index (χ3v) is 4.21. The first-order valence-corrected chi connectivity index (χ1v) is 6.97. The predicted molar refractivity (Wildman–Crippen MR) is 83.2 cm³/mol. The summed E-state index contributed by atoms with van der Waals surface area (Å²) in [7, 11) is 0. The highest BCUT2D eigenvalue weighted by Crippen LogP contribution is 2.39. The predicted octanol–water partition coefficient (Wildman–Crippen LogP) is 5.74. The van der Waals surface area contributed by atoms with Gasteiger partial charge in [-0.05, 0) is 24.3 Å². The summed E-state index contributed by atoms with van der Waals surface area (Å²) in [5, 5.41) is 1.36. The Morgan fingerprint density at radius 3 is 2.18 bits per heavy atom. The van der Waals surface area contributed by atoms with Gasteiger partial charge < -0.3 is 10.7 Å². The topological polar surface area (TPSA) is 41.8 Å². The minimum atomic E-state index is -4.37. The maximum absolute atomic E-state index is 12.6. The van der Waals surface area contributed by atoms with E-state index in [1.54, 1.807) is 12.1 Å². The van der Waals surface area contributed by atoms with Crippen LogP contribution in [-0.4, -0.2) is 4.98 Å². The number of H-pyrrole nitrogens is 1. The molecule has 2 aromatic carbocycles. The maximum Gasteiger partial charge on any atom is 0.416 e. The molecule has 1 aromatic heterocycles. The van der Waals surface area contributed by atoms with Crippen LogP contribution in [0.25, 0.3) is 22.2 Å². The first kappa shape index (κ1) is 15.1. The van der Waals surface area contributed by atoms with Crippen molar-refractivity contribution in [3.8, 4) is 11.3 Å². The summed E-state index contributed by atoms with van der Waals surface area (Å²) >= 11 is 12.1. The molecule has 0 aliphatic rings. The van der Waals surface area contributed by atoms with Gasteiger partial charge in [0.25, 0.3) is 0 Å². The molecule has 114 valence electrons. The molecule has 0 atom stereocenters. The molecule has 0 fully saturated rings. The summed E-state index contributed by atoms with van der Waals surface area (Å²) in [4.78, 5) is 3.02. The van der Waals surface area contributed by atoms with E-state index in [0.717, 1.165) is 12.1 Å². The van der Waals surface area contributed by atoms with E-state index in [4.69, 9.17) is 28.9 Å². The zero-order chi connectivity index (χ0) is 16.1. The van der Waals surface area contributed by atoms with Crippen molar-refractivity contribution in [2.24, 2.45) is 0 Å². The van der Waals surface area contributed by atoms with Gasteiger partial charge >= 0.3 is 6.18 Å². The lowest BCUT2D eigenvalue weighted by Crippen LogP contribution is -2.04. The van der Waals surface area contributed by atoms with Gasteiger partial charge in [-0.3, -0.25) is 0 Å². The van der Waals surface area contributed by atoms with Crippen LogP contribution in [0, 0.1) is 0 Å². The van der Waals surface area contributed by atoms with Crippen molar-refractivity contribution in [2.75, 3.05) is 5.73 Å². The summed E-state index contributed by atoms with van der Waals surface area (Å²) in [5.41, 5.74) is 7.35. The van der Waals surface area contributed by atoms with Crippen molar-refractivity contribution < 1.29 is 13.2 Å². The zero-order valence-electron chi connectivity index (χ0n) is 10.9. The molecule has 7 heteroatoms. The van der Waals surface area contributed by atoms with Crippen LogP contribution >= 0.6 is 23.2 Å². The van der Waals surface area contributed by atoms with Gasteiger partial charge in [-0.15, -0.1) is 0 Å². The summed E-state index contributed by atoms with van der Waals surface area (Å²) in [5.74, 6) is 0. The molecule has 0 aliphatic heterocycles. The molecule has 2 nitrogen and oxygen atoms in total. The van der Waals surface area contributed by atoms with Gasteiger partial charge in [-0.25, -0.2) is 0 Å². The number of benzene rings is 2. The molecule has 22 heavy (non-hydrogen) atoms. The molecule has 0 saturated heterocycles. The van der Waals surface area contributed by atoms with E-state index in [1.807, 2.05) is 0 Å². The maximum atomic E-state index is 12.6. The third kappa shape index (κ3) is 2.40. The average molecular weight is 345 g/mol. The molecule has 3 N–H and O–H groups in total. The van der Waals surface area contributed by atoms with Crippen LogP contribution in [0.3, 0.4) is 0 Å². The van der Waals surface area contributed by atoms with Gasteiger partial charge in [-0.1, -0.05) is 35.3 Å². The molecule has 0 unspecified atom stereocenters. The fourth-order valence-electron chi connectivity index (χ4n) is 2.28. The lowest BCUT2D eigenvalue weighted by atomic mass is 10.1. The van der Waals surface area contributed by atoms with Crippen LogP contribution in [0.4, 0.5) is 18.9 Å². The SMILES string of the molecule is Nc1c(-c2ccc(C(F)(F)F)cc2)[nH]c2c(Cl)c(Cl)ccc12. The lowest BCUT2D eigenvalue weighted by molar-refractivity contribution is -0.137. The Hall–Kier alpha value is -1.85. The number of anilines is 1. The van der Waals surface area contributed by atoms with Crippen molar-refractivity contribution in [2.45, 2.75) is 6.18 Å². The van der Waals surface area contributed by atoms with Crippen molar-refractivity contribution in [1.82, 2.24) is 4.98 Å². The number of nitrogens with one attached hydrogen (secondary N) is 1. The van der Waals surface area contributed by atoms with Crippen LogP contribution in [0.15, 0.2) is 36.4 Å². The monoisotopic (exact) mass is 344 g/mol. The van der Waals surface area contributed by atoms with Crippen molar-refractivity contribution in [3.63, 3.8) is 0 Å². The number of fused-ring (bicyclic) bond motifs is 1. The van der Waals surface area contributed by atoms with Crippen LogP contribution in [0.2, 0.25) is 10.0 Å². The minimum absolute atomic E-state index is 0.323. The highest BCUT2D eigenvalue weighted by Gasteiger charge is 2.30. The van der Waals surface area contributed by atoms with Crippen LogP contribution in [0.1, 0.15) is 5.56 Å². The number of halogens is 5. The van der Waals surface area contributed by atoms with E-state index in [1.165, 1.54) is 12.1 Å². The van der Waals surface area contributed by atoms with Gasteiger partial charge in [0.1, 0.15) is 0 Å². The third-order valence-electron chi connectivity index (χ3n) is 3.41. The van der Waals surface area contributed by atoms with E-state index >= 15 is 0 Å². The number of alkyl halides is 3. The van der Waals surface area contributed by atoms with Gasteiger partial charge in [0.05, 0.1) is 32.5 Å². The zero-order valence-corrected chi connectivity index (χ0v) is 12.4. The summed E-state index contributed by atoms with van der Waals surface area (Å²) in [6.45, 7) is 0. The highest BCUT2D eigenvalue weighted by atomic mass is 35.5.